The molecular weight excluding hydrogens is 290 g/mol. The van der Waals surface area contributed by atoms with Gasteiger partial charge in [0.25, 0.3) is 11.8 Å². The molecule has 0 saturated carbocycles. The first-order valence-electron chi connectivity index (χ1n) is 5.39. The summed E-state index contributed by atoms with van der Waals surface area (Å²) in [6, 6.07) is 2.12. The van der Waals surface area contributed by atoms with Crippen LogP contribution in [0.25, 0.3) is 0 Å². The van der Waals surface area contributed by atoms with Crippen LogP contribution in [0.2, 0.25) is 5.02 Å². The van der Waals surface area contributed by atoms with Crippen LogP contribution in [-0.4, -0.2) is 27.6 Å². The molecule has 6 N–H and O–H groups in total. The van der Waals surface area contributed by atoms with E-state index in [1.54, 1.807) is 0 Å². The van der Waals surface area contributed by atoms with Crippen molar-refractivity contribution in [3.8, 4) is 11.5 Å². The average Bonchev–Trinajstić information content (AvgIpc) is 2.40. The molecule has 1 aromatic carbocycles. The Morgan fingerprint density at radius 3 is 2.40 bits per heavy atom. The summed E-state index contributed by atoms with van der Waals surface area (Å²) >= 11 is 5.61. The number of carbonyl (C=O) groups excluding carboxylic acids is 2. The fraction of sp³-hybridized carbons (Fsp3) is 0.273. The molecule has 0 bridgehead atoms. The minimum absolute atomic E-state index is 0.0583. The van der Waals surface area contributed by atoms with Crippen molar-refractivity contribution in [2.45, 2.75) is 19.4 Å². The largest absolute Gasteiger partial charge is 0.504 e. The maximum absolute atomic E-state index is 11.7. The first-order valence-corrected chi connectivity index (χ1v) is 5.77. The number of hydrogen-bond acceptors (Lipinski definition) is 6. The number of benzene rings is 1. The maximum atomic E-state index is 11.7. The van der Waals surface area contributed by atoms with Gasteiger partial charge in [-0.05, 0) is 26.0 Å². The zero-order valence-electron chi connectivity index (χ0n) is 10.7. The van der Waals surface area contributed by atoms with Crippen LogP contribution in [0, 0.1) is 0 Å². The Morgan fingerprint density at radius 1 is 1.30 bits per heavy atom. The summed E-state index contributed by atoms with van der Waals surface area (Å²) in [7, 11) is 0. The minimum atomic E-state index is -1.33. The minimum Gasteiger partial charge on any atom is -0.504 e. The number of nitrogens with one attached hydrogen (secondary N) is 2. The topological polar surface area (TPSA) is 134 Å². The Balaban J connectivity index is 2.76. The van der Waals surface area contributed by atoms with Gasteiger partial charge in [0, 0.05) is 5.56 Å². The van der Waals surface area contributed by atoms with Gasteiger partial charge in [-0.15, -0.1) is 0 Å². The third-order valence-electron chi connectivity index (χ3n) is 2.44. The number of amides is 2. The Hall–Kier alpha value is -2.03. The number of nitrogens with two attached hydrogens (primary N) is 1. The lowest BCUT2D eigenvalue weighted by Gasteiger charge is -2.20. The van der Waals surface area contributed by atoms with Crippen LogP contribution < -0.4 is 16.7 Å². The number of hydrazine groups is 1. The molecule has 0 aliphatic carbocycles. The van der Waals surface area contributed by atoms with Crippen LogP contribution in [0.3, 0.4) is 0 Å². The number of aromatic hydroxyl groups is 2. The van der Waals surface area contributed by atoms with Crippen molar-refractivity contribution in [1.29, 1.82) is 0 Å². The molecule has 0 radical (unpaired) electrons. The fourth-order valence-corrected chi connectivity index (χ4v) is 1.32. The van der Waals surface area contributed by atoms with Gasteiger partial charge in [0.1, 0.15) is 0 Å². The van der Waals surface area contributed by atoms with Gasteiger partial charge in [-0.2, -0.15) is 0 Å². The molecule has 0 saturated heterocycles. The fourth-order valence-electron chi connectivity index (χ4n) is 1.11. The highest BCUT2D eigenvalue weighted by Crippen LogP contribution is 2.33. The molecule has 110 valence electrons. The van der Waals surface area contributed by atoms with E-state index in [1.165, 1.54) is 13.8 Å². The molecule has 9 heteroatoms. The smallest absolute Gasteiger partial charge is 0.272 e. The van der Waals surface area contributed by atoms with E-state index in [-0.39, 0.29) is 10.6 Å². The molecule has 0 spiro atoms. The number of phenolic OH excluding ortho intramolecular Hbond substituents is 2. The van der Waals surface area contributed by atoms with Crippen molar-refractivity contribution < 1.29 is 24.6 Å². The summed E-state index contributed by atoms with van der Waals surface area (Å²) in [5.74, 6) is 2.41. The third kappa shape index (κ3) is 3.50. The Bertz CT molecular complexity index is 524. The van der Waals surface area contributed by atoms with Gasteiger partial charge in [0.05, 0.1) is 5.02 Å². The van der Waals surface area contributed by atoms with E-state index in [2.05, 4.69) is 15.7 Å². The molecule has 0 fully saturated rings. The molecule has 0 aromatic heterocycles. The van der Waals surface area contributed by atoms with E-state index in [0.717, 1.165) is 12.1 Å². The molecule has 0 unspecified atom stereocenters. The molecule has 1 rings (SSSR count). The van der Waals surface area contributed by atoms with Gasteiger partial charge in [0.2, 0.25) is 0 Å². The van der Waals surface area contributed by atoms with Crippen molar-refractivity contribution >= 4 is 23.4 Å². The quantitative estimate of drug-likeness (QED) is 0.399. The summed E-state index contributed by atoms with van der Waals surface area (Å²) < 4.78 is 0. The van der Waals surface area contributed by atoms with Gasteiger partial charge in [-0.1, -0.05) is 11.6 Å². The van der Waals surface area contributed by atoms with Gasteiger partial charge < -0.3 is 10.2 Å². The van der Waals surface area contributed by atoms with E-state index in [1.807, 2.05) is 0 Å². The normalized spacial score (nSPS) is 11.0. The third-order valence-corrected chi connectivity index (χ3v) is 2.72. The molecular formula is C11H14ClN3O5. The van der Waals surface area contributed by atoms with Crippen LogP contribution in [0.1, 0.15) is 24.2 Å². The van der Waals surface area contributed by atoms with Gasteiger partial charge in [0.15, 0.2) is 17.1 Å². The van der Waals surface area contributed by atoms with Gasteiger partial charge in [-0.3, -0.25) is 25.3 Å². The Kier molecular flexibility index (Phi) is 4.77. The first-order chi connectivity index (χ1) is 9.19. The molecule has 2 amide bonds. The number of rotatable bonds is 3. The summed E-state index contributed by atoms with van der Waals surface area (Å²) in [6.45, 7) is 2.80. The molecule has 1 aromatic rings. The highest BCUT2D eigenvalue weighted by Gasteiger charge is 2.28. The molecule has 20 heavy (non-hydrogen) atoms. The van der Waals surface area contributed by atoms with Crippen molar-refractivity contribution in [3.05, 3.63) is 22.7 Å². The highest BCUT2D eigenvalue weighted by atomic mass is 35.5. The lowest BCUT2D eigenvalue weighted by molar-refractivity contribution is -0.144. The number of carbonyl (C=O) groups is 2. The van der Waals surface area contributed by atoms with Gasteiger partial charge in [-0.25, -0.2) is 5.90 Å². The van der Waals surface area contributed by atoms with E-state index in [9.17, 15) is 19.8 Å². The standard InChI is InChI=1S/C11H14ClN3O5/c1-11(2,20-13)10(19)15-14-9(18)5-3-6(12)8(17)7(16)4-5/h3-4,16-17H,13H2,1-2H3,(H,14,18)(H,15,19). The monoisotopic (exact) mass is 303 g/mol. The van der Waals surface area contributed by atoms with Crippen LogP contribution >= 0.6 is 11.6 Å². The van der Waals surface area contributed by atoms with Crippen LogP contribution in [-0.2, 0) is 9.63 Å². The molecule has 0 aliphatic rings. The molecule has 0 atom stereocenters. The molecule has 0 heterocycles. The number of hydrogen-bond donors (Lipinski definition) is 5. The average molecular weight is 304 g/mol. The predicted octanol–water partition coefficient (Wildman–Crippen LogP) is 0.181. The second kappa shape index (κ2) is 5.95. The van der Waals surface area contributed by atoms with E-state index in [4.69, 9.17) is 17.5 Å². The first kappa shape index (κ1) is 16.0. The zero-order valence-corrected chi connectivity index (χ0v) is 11.5. The lowest BCUT2D eigenvalue weighted by atomic mass is 10.1. The maximum Gasteiger partial charge on any atom is 0.272 e. The summed E-state index contributed by atoms with van der Waals surface area (Å²) in [6.07, 6.45) is 0. The predicted molar refractivity (Wildman–Crippen MR) is 69.7 cm³/mol. The molecule has 8 nitrogen and oxygen atoms in total. The van der Waals surface area contributed by atoms with Crippen LogP contribution in [0.4, 0.5) is 0 Å². The SMILES string of the molecule is CC(C)(ON)C(=O)NNC(=O)c1cc(O)c(O)c(Cl)c1. The van der Waals surface area contributed by atoms with Gasteiger partial charge >= 0.3 is 0 Å². The van der Waals surface area contributed by atoms with Crippen molar-refractivity contribution in [2.75, 3.05) is 0 Å². The summed E-state index contributed by atoms with van der Waals surface area (Å²) in [5.41, 5.74) is 2.79. The zero-order chi connectivity index (χ0) is 15.5. The summed E-state index contributed by atoms with van der Waals surface area (Å²) in [5, 5.41) is 18.4. The van der Waals surface area contributed by atoms with Crippen molar-refractivity contribution in [3.63, 3.8) is 0 Å². The number of phenols is 2. The number of halogens is 1. The van der Waals surface area contributed by atoms with Crippen molar-refractivity contribution in [1.82, 2.24) is 10.9 Å². The second-order valence-corrected chi connectivity index (χ2v) is 4.77. The van der Waals surface area contributed by atoms with Crippen LogP contribution in [0.5, 0.6) is 11.5 Å². The molecule has 0 aliphatic heterocycles. The van der Waals surface area contributed by atoms with Crippen LogP contribution in [0.15, 0.2) is 12.1 Å². The van der Waals surface area contributed by atoms with E-state index in [0.29, 0.717) is 0 Å². The van der Waals surface area contributed by atoms with Crippen molar-refractivity contribution in [2.24, 2.45) is 5.90 Å². The Morgan fingerprint density at radius 2 is 1.90 bits per heavy atom. The lowest BCUT2D eigenvalue weighted by Crippen LogP contribution is -2.52. The summed E-state index contributed by atoms with van der Waals surface area (Å²) in [4.78, 5) is 27.7. The van der Waals surface area contributed by atoms with E-state index < -0.39 is 28.9 Å². The second-order valence-electron chi connectivity index (χ2n) is 4.36. The van der Waals surface area contributed by atoms with E-state index >= 15 is 0 Å². The Labute approximate surface area is 119 Å². The highest BCUT2D eigenvalue weighted by molar-refractivity contribution is 6.32.